The van der Waals surface area contributed by atoms with E-state index in [2.05, 4.69) is 24.9 Å². The second kappa shape index (κ2) is 5.19. The minimum Gasteiger partial charge on any atom is -0.457 e. The van der Waals surface area contributed by atoms with E-state index in [1.807, 2.05) is 25.1 Å². The van der Waals surface area contributed by atoms with Gasteiger partial charge in [0, 0.05) is 30.1 Å². The average Bonchev–Trinajstić information content (AvgIpc) is 2.27. The molecule has 1 aromatic heterocycles. The molecule has 1 heterocycles. The summed E-state index contributed by atoms with van der Waals surface area (Å²) in [7, 11) is 0. The number of hydrogen-bond donors (Lipinski definition) is 1. The fraction of sp³-hybridized carbons (Fsp3) is 0.267. The van der Waals surface area contributed by atoms with Crippen molar-refractivity contribution in [2.45, 2.75) is 27.3 Å². The number of nitrogens with zero attached hydrogens (tertiary/aromatic N) is 1. The molecule has 0 bridgehead atoms. The van der Waals surface area contributed by atoms with Gasteiger partial charge < -0.3 is 10.5 Å². The lowest BCUT2D eigenvalue weighted by atomic mass is 10.1. The molecule has 0 atom stereocenters. The van der Waals surface area contributed by atoms with E-state index in [0.29, 0.717) is 6.54 Å². The van der Waals surface area contributed by atoms with Crippen LogP contribution in [0.1, 0.15) is 22.4 Å². The minimum absolute atomic E-state index is 0.424. The van der Waals surface area contributed by atoms with Gasteiger partial charge in [-0.2, -0.15) is 0 Å². The Morgan fingerprint density at radius 3 is 2.33 bits per heavy atom. The molecule has 0 aliphatic carbocycles. The Kier molecular flexibility index (Phi) is 3.63. The van der Waals surface area contributed by atoms with E-state index in [9.17, 15) is 0 Å². The smallest absolute Gasteiger partial charge is 0.135 e. The zero-order valence-electron chi connectivity index (χ0n) is 11.0. The van der Waals surface area contributed by atoms with Gasteiger partial charge in [0.05, 0.1) is 0 Å². The van der Waals surface area contributed by atoms with Crippen LogP contribution in [-0.2, 0) is 6.54 Å². The second-order valence-electron chi connectivity index (χ2n) is 4.56. The first-order chi connectivity index (χ1) is 8.58. The van der Waals surface area contributed by atoms with E-state index in [1.54, 1.807) is 6.20 Å². The van der Waals surface area contributed by atoms with Crippen LogP contribution in [0.2, 0.25) is 0 Å². The van der Waals surface area contributed by atoms with Crippen molar-refractivity contribution in [2.75, 3.05) is 0 Å². The average molecular weight is 242 g/mol. The van der Waals surface area contributed by atoms with Gasteiger partial charge >= 0.3 is 0 Å². The lowest BCUT2D eigenvalue weighted by molar-refractivity contribution is 0.474. The Balaban J connectivity index is 2.35. The van der Waals surface area contributed by atoms with Crippen molar-refractivity contribution in [3.05, 3.63) is 52.8 Å². The summed E-state index contributed by atoms with van der Waals surface area (Å²) in [5.41, 5.74) is 9.90. The zero-order chi connectivity index (χ0) is 13.1. The number of aryl methyl sites for hydroxylation is 3. The number of nitrogens with two attached hydrogens (primary N) is 1. The summed E-state index contributed by atoms with van der Waals surface area (Å²) in [5, 5.41) is 0. The molecule has 0 saturated heterocycles. The van der Waals surface area contributed by atoms with Crippen LogP contribution >= 0.6 is 0 Å². The molecular formula is C15H18N2O. The Labute approximate surface area is 108 Å². The standard InChI is InChI=1S/C15H18N2O/c1-10-4-11(2)6-14(5-10)18-15-7-12(3)17-9-13(15)8-16/h4-7,9H,8,16H2,1-3H3. The van der Waals surface area contributed by atoms with Crippen LogP contribution in [-0.4, -0.2) is 4.98 Å². The molecular weight excluding hydrogens is 224 g/mol. The summed E-state index contributed by atoms with van der Waals surface area (Å²) in [6.07, 6.45) is 1.77. The maximum atomic E-state index is 5.92. The van der Waals surface area contributed by atoms with E-state index in [4.69, 9.17) is 10.5 Å². The van der Waals surface area contributed by atoms with Crippen molar-refractivity contribution in [3.8, 4) is 11.5 Å². The maximum Gasteiger partial charge on any atom is 0.135 e. The lowest BCUT2D eigenvalue weighted by Gasteiger charge is -2.11. The van der Waals surface area contributed by atoms with Gasteiger partial charge in [0.2, 0.25) is 0 Å². The predicted molar refractivity (Wildman–Crippen MR) is 72.9 cm³/mol. The Morgan fingerprint density at radius 2 is 1.72 bits per heavy atom. The Bertz CT molecular complexity index is 544. The largest absolute Gasteiger partial charge is 0.457 e. The first-order valence-electron chi connectivity index (χ1n) is 6.00. The van der Waals surface area contributed by atoms with Crippen molar-refractivity contribution in [2.24, 2.45) is 5.73 Å². The monoisotopic (exact) mass is 242 g/mol. The van der Waals surface area contributed by atoms with Gasteiger partial charge in [-0.3, -0.25) is 4.98 Å². The molecule has 0 saturated carbocycles. The highest BCUT2D eigenvalue weighted by molar-refractivity contribution is 5.40. The molecule has 3 heteroatoms. The highest BCUT2D eigenvalue weighted by Gasteiger charge is 2.06. The first kappa shape index (κ1) is 12.6. The van der Waals surface area contributed by atoms with Crippen molar-refractivity contribution >= 4 is 0 Å². The van der Waals surface area contributed by atoms with E-state index in [1.165, 1.54) is 11.1 Å². The molecule has 0 fully saturated rings. The number of rotatable bonds is 3. The van der Waals surface area contributed by atoms with Crippen LogP contribution in [0.5, 0.6) is 11.5 Å². The van der Waals surface area contributed by atoms with Crippen molar-refractivity contribution in [3.63, 3.8) is 0 Å². The first-order valence-corrected chi connectivity index (χ1v) is 6.00. The molecule has 18 heavy (non-hydrogen) atoms. The Morgan fingerprint density at radius 1 is 1.06 bits per heavy atom. The molecule has 0 amide bonds. The van der Waals surface area contributed by atoms with Crippen LogP contribution in [0.15, 0.2) is 30.5 Å². The highest BCUT2D eigenvalue weighted by Crippen LogP contribution is 2.26. The summed E-state index contributed by atoms with van der Waals surface area (Å²) < 4.78 is 5.92. The number of benzene rings is 1. The van der Waals surface area contributed by atoms with E-state index in [0.717, 1.165) is 22.8 Å². The van der Waals surface area contributed by atoms with Crippen LogP contribution in [0.3, 0.4) is 0 Å². The zero-order valence-corrected chi connectivity index (χ0v) is 11.0. The molecule has 3 nitrogen and oxygen atoms in total. The summed E-state index contributed by atoms with van der Waals surface area (Å²) in [4.78, 5) is 4.23. The van der Waals surface area contributed by atoms with Crippen LogP contribution < -0.4 is 10.5 Å². The molecule has 0 spiro atoms. The van der Waals surface area contributed by atoms with Gasteiger partial charge in [0.1, 0.15) is 11.5 Å². The fourth-order valence-corrected chi connectivity index (χ4v) is 1.93. The van der Waals surface area contributed by atoms with Crippen molar-refractivity contribution < 1.29 is 4.74 Å². The van der Waals surface area contributed by atoms with Crippen molar-refractivity contribution in [1.82, 2.24) is 4.98 Å². The van der Waals surface area contributed by atoms with E-state index in [-0.39, 0.29) is 0 Å². The summed E-state index contributed by atoms with van der Waals surface area (Å²) in [6, 6.07) is 8.07. The third-order valence-electron chi connectivity index (χ3n) is 2.72. The molecule has 2 aromatic rings. The fourth-order valence-electron chi connectivity index (χ4n) is 1.93. The van der Waals surface area contributed by atoms with Gasteiger partial charge in [0.15, 0.2) is 0 Å². The predicted octanol–water partition coefficient (Wildman–Crippen LogP) is 3.26. The molecule has 0 unspecified atom stereocenters. The lowest BCUT2D eigenvalue weighted by Crippen LogP contribution is -2.01. The molecule has 94 valence electrons. The van der Waals surface area contributed by atoms with Crippen LogP contribution in [0, 0.1) is 20.8 Å². The van der Waals surface area contributed by atoms with Gasteiger partial charge in [-0.05, 0) is 44.0 Å². The Hall–Kier alpha value is -1.87. The SMILES string of the molecule is Cc1cc(C)cc(Oc2cc(C)ncc2CN)c1. The van der Waals surface area contributed by atoms with Gasteiger partial charge in [-0.15, -0.1) is 0 Å². The normalized spacial score (nSPS) is 10.4. The van der Waals surface area contributed by atoms with Crippen LogP contribution in [0.25, 0.3) is 0 Å². The second-order valence-corrected chi connectivity index (χ2v) is 4.56. The number of hydrogen-bond acceptors (Lipinski definition) is 3. The highest BCUT2D eigenvalue weighted by atomic mass is 16.5. The van der Waals surface area contributed by atoms with Gasteiger partial charge in [-0.1, -0.05) is 6.07 Å². The molecule has 0 aliphatic rings. The number of pyridine rings is 1. The quantitative estimate of drug-likeness (QED) is 0.898. The number of ether oxygens (including phenoxy) is 1. The maximum absolute atomic E-state index is 5.92. The summed E-state index contributed by atoms with van der Waals surface area (Å²) in [5.74, 6) is 1.63. The summed E-state index contributed by atoms with van der Waals surface area (Å²) in [6.45, 7) is 6.48. The molecule has 0 radical (unpaired) electrons. The van der Waals surface area contributed by atoms with Gasteiger partial charge in [0.25, 0.3) is 0 Å². The van der Waals surface area contributed by atoms with E-state index < -0.39 is 0 Å². The van der Waals surface area contributed by atoms with Crippen molar-refractivity contribution in [1.29, 1.82) is 0 Å². The third kappa shape index (κ3) is 2.87. The number of aromatic nitrogens is 1. The third-order valence-corrected chi connectivity index (χ3v) is 2.72. The topological polar surface area (TPSA) is 48.1 Å². The molecule has 0 aliphatic heterocycles. The minimum atomic E-state index is 0.424. The van der Waals surface area contributed by atoms with Gasteiger partial charge in [-0.25, -0.2) is 0 Å². The molecule has 2 N–H and O–H groups in total. The molecule has 2 rings (SSSR count). The van der Waals surface area contributed by atoms with Crippen LogP contribution in [0.4, 0.5) is 0 Å². The van der Waals surface area contributed by atoms with E-state index >= 15 is 0 Å². The molecule has 1 aromatic carbocycles. The summed E-state index contributed by atoms with van der Waals surface area (Å²) >= 11 is 0.